The normalized spacial score (nSPS) is 10.1. The lowest BCUT2D eigenvalue weighted by atomic mass is 10.2. The summed E-state index contributed by atoms with van der Waals surface area (Å²) in [7, 11) is 1.56. The first kappa shape index (κ1) is 13.9. The fraction of sp³-hybridized carbons (Fsp3) is 0.364. The van der Waals surface area contributed by atoms with Gasteiger partial charge in [0.25, 0.3) is 0 Å². The molecule has 2 N–H and O–H groups in total. The minimum absolute atomic E-state index is 0.0644. The first-order valence-corrected chi connectivity index (χ1v) is 5.93. The second-order valence-corrected chi connectivity index (χ2v) is 4.30. The van der Waals surface area contributed by atoms with Crippen LogP contribution in [-0.4, -0.2) is 19.5 Å². The Balaban J connectivity index is 2.50. The van der Waals surface area contributed by atoms with Crippen molar-refractivity contribution in [2.45, 2.75) is 12.8 Å². The number of halogens is 3. The Kier molecular flexibility index (Phi) is 5.34. The third kappa shape index (κ3) is 4.30. The molecule has 3 nitrogen and oxygen atoms in total. The van der Waals surface area contributed by atoms with Crippen LogP contribution in [0.1, 0.15) is 12.8 Å². The zero-order valence-corrected chi connectivity index (χ0v) is 10.9. The van der Waals surface area contributed by atoms with Crippen LogP contribution in [-0.2, 0) is 4.79 Å². The first-order valence-electron chi connectivity index (χ1n) is 5.13. The smallest absolute Gasteiger partial charge is 0.219 e. The highest BCUT2D eigenvalue weighted by atomic mass is 79.9. The molecule has 0 saturated heterocycles. The Morgan fingerprint density at radius 2 is 2.12 bits per heavy atom. The van der Waals surface area contributed by atoms with Gasteiger partial charge in [0.15, 0.2) is 0 Å². The summed E-state index contributed by atoms with van der Waals surface area (Å²) in [5, 5.41) is 5.31. The Morgan fingerprint density at radius 3 is 2.71 bits per heavy atom. The van der Waals surface area contributed by atoms with Crippen LogP contribution in [0.2, 0.25) is 0 Å². The van der Waals surface area contributed by atoms with Crippen LogP contribution < -0.4 is 10.6 Å². The van der Waals surface area contributed by atoms with Gasteiger partial charge in [-0.05, 0) is 28.4 Å². The van der Waals surface area contributed by atoms with E-state index >= 15 is 0 Å². The van der Waals surface area contributed by atoms with E-state index in [0.29, 0.717) is 23.9 Å². The Bertz CT molecular complexity index is 389. The maximum atomic E-state index is 13.4. The van der Waals surface area contributed by atoms with Gasteiger partial charge in [-0.2, -0.15) is 0 Å². The summed E-state index contributed by atoms with van der Waals surface area (Å²) in [6, 6.07) is 2.00. The second-order valence-electron chi connectivity index (χ2n) is 3.45. The Hall–Kier alpha value is -1.17. The van der Waals surface area contributed by atoms with E-state index in [0.717, 1.165) is 6.07 Å². The van der Waals surface area contributed by atoms with Gasteiger partial charge in [0.2, 0.25) is 5.91 Å². The molecule has 0 fully saturated rings. The van der Waals surface area contributed by atoms with Crippen molar-refractivity contribution in [3.63, 3.8) is 0 Å². The Labute approximate surface area is 107 Å². The number of anilines is 1. The maximum Gasteiger partial charge on any atom is 0.219 e. The van der Waals surface area contributed by atoms with Crippen LogP contribution in [0.25, 0.3) is 0 Å². The lowest BCUT2D eigenvalue weighted by Gasteiger charge is -2.09. The molecule has 0 aliphatic rings. The third-order valence-electron chi connectivity index (χ3n) is 2.17. The zero-order valence-electron chi connectivity index (χ0n) is 9.32. The van der Waals surface area contributed by atoms with Crippen LogP contribution in [0.5, 0.6) is 0 Å². The van der Waals surface area contributed by atoms with Gasteiger partial charge in [0.1, 0.15) is 11.6 Å². The average molecular weight is 307 g/mol. The highest BCUT2D eigenvalue weighted by molar-refractivity contribution is 9.10. The minimum atomic E-state index is -0.656. The molecule has 0 aliphatic heterocycles. The van der Waals surface area contributed by atoms with E-state index in [1.165, 1.54) is 6.07 Å². The number of carbonyl (C=O) groups excluding carboxylic acids is 1. The molecule has 1 aromatic carbocycles. The summed E-state index contributed by atoms with van der Waals surface area (Å²) >= 11 is 3.07. The van der Waals surface area contributed by atoms with Crippen LogP contribution in [0.3, 0.4) is 0 Å². The van der Waals surface area contributed by atoms with E-state index in [9.17, 15) is 13.6 Å². The van der Waals surface area contributed by atoms with E-state index < -0.39 is 11.6 Å². The van der Waals surface area contributed by atoms with Gasteiger partial charge >= 0.3 is 0 Å². The number of rotatable bonds is 5. The highest BCUT2D eigenvalue weighted by Gasteiger charge is 2.08. The second kappa shape index (κ2) is 6.54. The van der Waals surface area contributed by atoms with Gasteiger partial charge in [0, 0.05) is 30.6 Å². The molecule has 6 heteroatoms. The van der Waals surface area contributed by atoms with E-state index in [1.54, 1.807) is 7.05 Å². The average Bonchev–Trinajstić information content (AvgIpc) is 2.26. The quantitative estimate of drug-likeness (QED) is 0.821. The van der Waals surface area contributed by atoms with Crippen molar-refractivity contribution >= 4 is 27.5 Å². The molecule has 0 spiro atoms. The summed E-state index contributed by atoms with van der Waals surface area (Å²) < 4.78 is 26.5. The standard InChI is InChI=1S/C11H13BrF2N2O/c1-15-10(17)3-2-4-16-11-8(12)5-7(13)6-9(11)14/h5-6,16H,2-4H2,1H3,(H,15,17). The topological polar surface area (TPSA) is 41.1 Å². The number of carbonyl (C=O) groups is 1. The predicted octanol–water partition coefficient (Wildman–Crippen LogP) is 2.67. The van der Waals surface area contributed by atoms with Gasteiger partial charge in [0.05, 0.1) is 5.69 Å². The molecule has 0 radical (unpaired) electrons. The number of benzene rings is 1. The van der Waals surface area contributed by atoms with Crippen molar-refractivity contribution in [1.29, 1.82) is 0 Å². The third-order valence-corrected chi connectivity index (χ3v) is 2.79. The molecule has 17 heavy (non-hydrogen) atoms. The molecule has 0 aromatic heterocycles. The summed E-state index contributed by atoms with van der Waals surface area (Å²) in [5.41, 5.74) is 0.211. The van der Waals surface area contributed by atoms with Crippen molar-refractivity contribution in [2.75, 3.05) is 18.9 Å². The Morgan fingerprint density at radius 1 is 1.41 bits per heavy atom. The van der Waals surface area contributed by atoms with Gasteiger partial charge in [-0.25, -0.2) is 8.78 Å². The van der Waals surface area contributed by atoms with Crippen LogP contribution >= 0.6 is 15.9 Å². The van der Waals surface area contributed by atoms with Crippen molar-refractivity contribution in [1.82, 2.24) is 5.32 Å². The molecule has 1 rings (SSSR count). The minimum Gasteiger partial charge on any atom is -0.382 e. The van der Waals surface area contributed by atoms with E-state index in [4.69, 9.17) is 0 Å². The summed E-state index contributed by atoms with van der Waals surface area (Å²) in [6.45, 7) is 0.439. The number of hydrogen-bond donors (Lipinski definition) is 2. The fourth-order valence-corrected chi connectivity index (χ4v) is 1.85. The molecule has 0 heterocycles. The zero-order chi connectivity index (χ0) is 12.8. The van der Waals surface area contributed by atoms with Gasteiger partial charge < -0.3 is 10.6 Å². The van der Waals surface area contributed by atoms with Crippen molar-refractivity contribution in [2.24, 2.45) is 0 Å². The van der Waals surface area contributed by atoms with Crippen molar-refractivity contribution in [3.05, 3.63) is 28.2 Å². The van der Waals surface area contributed by atoms with Crippen LogP contribution in [0, 0.1) is 11.6 Å². The molecule has 0 bridgehead atoms. The van der Waals surface area contributed by atoms with Crippen molar-refractivity contribution in [3.8, 4) is 0 Å². The number of amides is 1. The van der Waals surface area contributed by atoms with E-state index in [-0.39, 0.29) is 11.6 Å². The molecule has 0 saturated carbocycles. The SMILES string of the molecule is CNC(=O)CCCNc1c(F)cc(F)cc1Br. The maximum absolute atomic E-state index is 13.4. The fourth-order valence-electron chi connectivity index (χ4n) is 1.30. The number of hydrogen-bond acceptors (Lipinski definition) is 2. The molecule has 0 unspecified atom stereocenters. The predicted molar refractivity (Wildman–Crippen MR) is 65.8 cm³/mol. The summed E-state index contributed by atoms with van der Waals surface area (Å²) in [4.78, 5) is 10.9. The highest BCUT2D eigenvalue weighted by Crippen LogP contribution is 2.26. The van der Waals surface area contributed by atoms with E-state index in [1.807, 2.05) is 0 Å². The molecular formula is C11H13BrF2N2O. The molecular weight excluding hydrogens is 294 g/mol. The van der Waals surface area contributed by atoms with E-state index in [2.05, 4.69) is 26.6 Å². The largest absolute Gasteiger partial charge is 0.382 e. The first-order chi connectivity index (χ1) is 8.04. The van der Waals surface area contributed by atoms with Gasteiger partial charge in [-0.3, -0.25) is 4.79 Å². The van der Waals surface area contributed by atoms with Gasteiger partial charge in [-0.1, -0.05) is 0 Å². The van der Waals surface area contributed by atoms with Gasteiger partial charge in [-0.15, -0.1) is 0 Å². The molecule has 0 atom stereocenters. The number of nitrogens with one attached hydrogen (secondary N) is 2. The molecule has 1 amide bonds. The lowest BCUT2D eigenvalue weighted by Crippen LogP contribution is -2.18. The summed E-state index contributed by atoms with van der Waals surface area (Å²) in [6.07, 6.45) is 0.937. The lowest BCUT2D eigenvalue weighted by molar-refractivity contribution is -0.120. The molecule has 1 aromatic rings. The molecule has 0 aliphatic carbocycles. The van der Waals surface area contributed by atoms with Crippen LogP contribution in [0.4, 0.5) is 14.5 Å². The van der Waals surface area contributed by atoms with Crippen LogP contribution in [0.15, 0.2) is 16.6 Å². The molecule has 94 valence electrons. The summed E-state index contributed by atoms with van der Waals surface area (Å²) in [5.74, 6) is -1.35. The monoisotopic (exact) mass is 306 g/mol. The van der Waals surface area contributed by atoms with Crippen molar-refractivity contribution < 1.29 is 13.6 Å².